The van der Waals surface area contributed by atoms with Crippen LogP contribution in [0.15, 0.2) is 48.8 Å². The van der Waals surface area contributed by atoms with Gasteiger partial charge in [-0.25, -0.2) is 9.97 Å². The van der Waals surface area contributed by atoms with Crippen molar-refractivity contribution < 1.29 is 9.47 Å². The minimum atomic E-state index is 0.361. The van der Waals surface area contributed by atoms with Crippen molar-refractivity contribution in [1.29, 1.82) is 0 Å². The first-order chi connectivity index (χ1) is 15.2. The molecule has 0 amide bonds. The highest BCUT2D eigenvalue weighted by atomic mass is 16.5. The topological polar surface area (TPSA) is 72.4 Å². The Kier molecular flexibility index (Phi) is 6.62. The second-order valence-corrected chi connectivity index (χ2v) is 7.76. The summed E-state index contributed by atoms with van der Waals surface area (Å²) in [6.07, 6.45) is 5.83. The fraction of sp³-hybridized carbons (Fsp3) is 0.375. The van der Waals surface area contributed by atoms with Crippen molar-refractivity contribution in [2.45, 2.75) is 25.3 Å². The van der Waals surface area contributed by atoms with Crippen LogP contribution in [0.3, 0.4) is 0 Å². The lowest BCUT2D eigenvalue weighted by Gasteiger charge is -2.32. The Morgan fingerprint density at radius 2 is 1.97 bits per heavy atom. The van der Waals surface area contributed by atoms with E-state index in [4.69, 9.17) is 14.5 Å². The van der Waals surface area contributed by atoms with Crippen molar-refractivity contribution in [3.8, 4) is 22.9 Å². The van der Waals surface area contributed by atoms with Gasteiger partial charge in [0.05, 0.1) is 19.9 Å². The molecule has 31 heavy (non-hydrogen) atoms. The van der Waals surface area contributed by atoms with Crippen molar-refractivity contribution in [3.63, 3.8) is 0 Å². The largest absolute Gasteiger partial charge is 0.493 e. The maximum absolute atomic E-state index is 5.46. The minimum absolute atomic E-state index is 0.361. The molecule has 162 valence electrons. The molecule has 1 unspecified atom stereocenters. The molecule has 0 aliphatic carbocycles. The first-order valence-electron chi connectivity index (χ1n) is 10.6. The summed E-state index contributed by atoms with van der Waals surface area (Å²) in [6.45, 7) is 2.90. The van der Waals surface area contributed by atoms with Crippen LogP contribution in [0.2, 0.25) is 0 Å². The molecule has 0 saturated carbocycles. The molecule has 0 spiro atoms. The monoisotopic (exact) mass is 419 g/mol. The summed E-state index contributed by atoms with van der Waals surface area (Å²) >= 11 is 0. The first-order valence-corrected chi connectivity index (χ1v) is 10.6. The number of nitrogens with zero attached hydrogens (tertiary/aromatic N) is 4. The van der Waals surface area contributed by atoms with E-state index in [1.54, 1.807) is 20.4 Å². The normalized spacial score (nSPS) is 16.7. The van der Waals surface area contributed by atoms with Gasteiger partial charge >= 0.3 is 0 Å². The number of nitrogens with one attached hydrogen (secondary N) is 1. The number of piperidine rings is 1. The quantitative estimate of drug-likeness (QED) is 0.621. The SMILES string of the molecule is CNc1cc(C2CCCN(Cc3ccc(OC)c(OC)c3)C2)nc(-c2cccnc2)n1. The molecule has 3 aromatic rings. The van der Waals surface area contributed by atoms with Crippen LogP contribution in [-0.4, -0.2) is 54.2 Å². The summed E-state index contributed by atoms with van der Waals surface area (Å²) in [6, 6.07) is 12.1. The average molecular weight is 420 g/mol. The zero-order chi connectivity index (χ0) is 21.6. The number of methoxy groups -OCH3 is 2. The van der Waals surface area contributed by atoms with E-state index in [-0.39, 0.29) is 0 Å². The highest BCUT2D eigenvalue weighted by molar-refractivity contribution is 5.56. The Morgan fingerprint density at radius 1 is 1.10 bits per heavy atom. The van der Waals surface area contributed by atoms with Gasteiger partial charge < -0.3 is 14.8 Å². The predicted molar refractivity (Wildman–Crippen MR) is 122 cm³/mol. The van der Waals surface area contributed by atoms with E-state index in [9.17, 15) is 0 Å². The molecule has 4 rings (SSSR count). The second kappa shape index (κ2) is 9.75. The average Bonchev–Trinajstić information content (AvgIpc) is 2.84. The van der Waals surface area contributed by atoms with Gasteiger partial charge in [0.2, 0.25) is 0 Å². The molecular formula is C24H29N5O2. The Hall–Kier alpha value is -3.19. The number of rotatable bonds is 7. The Labute approximate surface area is 183 Å². The van der Waals surface area contributed by atoms with Crippen molar-refractivity contribution in [2.24, 2.45) is 0 Å². The van der Waals surface area contributed by atoms with E-state index in [1.165, 1.54) is 5.56 Å². The van der Waals surface area contributed by atoms with E-state index in [2.05, 4.69) is 38.4 Å². The Balaban J connectivity index is 1.53. The number of aromatic nitrogens is 3. The first kappa shape index (κ1) is 21.1. The van der Waals surface area contributed by atoms with Crippen LogP contribution in [0, 0.1) is 0 Å². The van der Waals surface area contributed by atoms with E-state index < -0.39 is 0 Å². The number of pyridine rings is 1. The lowest BCUT2D eigenvalue weighted by molar-refractivity contribution is 0.198. The summed E-state index contributed by atoms with van der Waals surface area (Å²) in [7, 11) is 5.23. The van der Waals surface area contributed by atoms with Gasteiger partial charge in [0.1, 0.15) is 5.82 Å². The Morgan fingerprint density at radius 3 is 2.71 bits per heavy atom. The number of ether oxygens (including phenoxy) is 2. The lowest BCUT2D eigenvalue weighted by Crippen LogP contribution is -2.34. The number of hydrogen-bond donors (Lipinski definition) is 1. The van der Waals surface area contributed by atoms with Gasteiger partial charge in [-0.1, -0.05) is 6.07 Å². The highest BCUT2D eigenvalue weighted by Crippen LogP contribution is 2.31. The lowest BCUT2D eigenvalue weighted by atomic mass is 9.94. The maximum atomic E-state index is 5.46. The zero-order valence-electron chi connectivity index (χ0n) is 18.3. The van der Waals surface area contributed by atoms with Crippen molar-refractivity contribution in [2.75, 3.05) is 39.7 Å². The molecular weight excluding hydrogens is 390 g/mol. The van der Waals surface area contributed by atoms with Gasteiger partial charge in [0, 0.05) is 50.1 Å². The summed E-state index contributed by atoms with van der Waals surface area (Å²) in [5, 5.41) is 3.18. The third kappa shape index (κ3) is 4.94. The summed E-state index contributed by atoms with van der Waals surface area (Å²) in [4.78, 5) is 16.3. The van der Waals surface area contributed by atoms with E-state index >= 15 is 0 Å². The van der Waals surface area contributed by atoms with Crippen molar-refractivity contribution >= 4 is 5.82 Å². The molecule has 7 heteroatoms. The second-order valence-electron chi connectivity index (χ2n) is 7.76. The molecule has 0 radical (unpaired) electrons. The molecule has 1 N–H and O–H groups in total. The van der Waals surface area contributed by atoms with Gasteiger partial charge in [-0.2, -0.15) is 0 Å². The number of hydrogen-bond acceptors (Lipinski definition) is 7. The van der Waals surface area contributed by atoms with Crippen LogP contribution in [0.25, 0.3) is 11.4 Å². The molecule has 1 aromatic carbocycles. The molecule has 0 bridgehead atoms. The van der Waals surface area contributed by atoms with Crippen LogP contribution < -0.4 is 14.8 Å². The zero-order valence-corrected chi connectivity index (χ0v) is 18.3. The standard InChI is InChI=1S/C24H29N5O2/c1-25-23-13-20(27-24(28-23)18-6-4-10-26-14-18)19-7-5-11-29(16-19)15-17-8-9-21(30-2)22(12-17)31-3/h4,6,8-10,12-14,19H,5,7,11,15-16H2,1-3H3,(H,25,27,28). The van der Waals surface area contributed by atoms with E-state index in [0.717, 1.165) is 61.1 Å². The van der Waals surface area contributed by atoms with Crippen LogP contribution in [0.5, 0.6) is 11.5 Å². The predicted octanol–water partition coefficient (Wildman–Crippen LogP) is 3.98. The molecule has 1 fully saturated rings. The van der Waals surface area contributed by atoms with Gasteiger partial charge in [0.25, 0.3) is 0 Å². The van der Waals surface area contributed by atoms with Crippen LogP contribution in [0.1, 0.15) is 30.0 Å². The molecule has 1 aliphatic heterocycles. The van der Waals surface area contributed by atoms with E-state index in [1.807, 2.05) is 31.4 Å². The number of anilines is 1. The Bertz CT molecular complexity index is 1010. The molecule has 1 saturated heterocycles. The summed E-state index contributed by atoms with van der Waals surface area (Å²) in [5.74, 6) is 3.43. The molecule has 1 atom stereocenters. The number of likely N-dealkylation sites (tertiary alicyclic amines) is 1. The van der Waals surface area contributed by atoms with Gasteiger partial charge in [0.15, 0.2) is 17.3 Å². The van der Waals surface area contributed by atoms with Crippen LogP contribution in [0.4, 0.5) is 5.82 Å². The smallest absolute Gasteiger partial charge is 0.163 e. The van der Waals surface area contributed by atoms with Gasteiger partial charge in [-0.05, 0) is 49.2 Å². The van der Waals surface area contributed by atoms with Gasteiger partial charge in [-0.3, -0.25) is 9.88 Å². The fourth-order valence-corrected chi connectivity index (χ4v) is 4.11. The summed E-state index contributed by atoms with van der Waals surface area (Å²) < 4.78 is 10.8. The molecule has 1 aliphatic rings. The summed E-state index contributed by atoms with van der Waals surface area (Å²) in [5.41, 5.74) is 3.22. The minimum Gasteiger partial charge on any atom is -0.493 e. The third-order valence-corrected chi connectivity index (χ3v) is 5.70. The molecule has 2 aromatic heterocycles. The van der Waals surface area contributed by atoms with Crippen molar-refractivity contribution in [1.82, 2.24) is 19.9 Å². The third-order valence-electron chi connectivity index (χ3n) is 5.70. The van der Waals surface area contributed by atoms with Crippen molar-refractivity contribution in [3.05, 3.63) is 60.0 Å². The number of benzene rings is 1. The fourth-order valence-electron chi connectivity index (χ4n) is 4.11. The van der Waals surface area contributed by atoms with Gasteiger partial charge in [-0.15, -0.1) is 0 Å². The molecule has 7 nitrogen and oxygen atoms in total. The van der Waals surface area contributed by atoms with Crippen LogP contribution >= 0.6 is 0 Å². The van der Waals surface area contributed by atoms with Crippen LogP contribution in [-0.2, 0) is 6.54 Å². The van der Waals surface area contributed by atoms with E-state index in [0.29, 0.717) is 11.7 Å². The molecule has 3 heterocycles. The highest BCUT2D eigenvalue weighted by Gasteiger charge is 2.24. The maximum Gasteiger partial charge on any atom is 0.163 e.